The molecule has 6 heteroatoms. The van der Waals surface area contributed by atoms with Crippen LogP contribution in [0.3, 0.4) is 0 Å². The van der Waals surface area contributed by atoms with Crippen LogP contribution in [0.25, 0.3) is 0 Å². The zero-order valence-corrected chi connectivity index (χ0v) is 12.1. The second-order valence-corrected chi connectivity index (χ2v) is 6.07. The summed E-state index contributed by atoms with van der Waals surface area (Å²) in [6.07, 6.45) is 1.95. The predicted molar refractivity (Wildman–Crippen MR) is 74.1 cm³/mol. The van der Waals surface area contributed by atoms with Gasteiger partial charge in [-0.25, -0.2) is 13.6 Å². The van der Waals surface area contributed by atoms with E-state index in [0.29, 0.717) is 12.8 Å². The van der Waals surface area contributed by atoms with Gasteiger partial charge in [-0.3, -0.25) is 4.79 Å². The summed E-state index contributed by atoms with van der Waals surface area (Å²) in [5.41, 5.74) is 0.922. The molecule has 1 amide bonds. The number of hydrogen-bond acceptors (Lipinski definition) is 3. The van der Waals surface area contributed by atoms with Crippen LogP contribution in [0.1, 0.15) is 25.3 Å². The predicted octanol–water partition coefficient (Wildman–Crippen LogP) is 1.13. The van der Waals surface area contributed by atoms with Gasteiger partial charge in [0.1, 0.15) is 0 Å². The van der Waals surface area contributed by atoms with Crippen LogP contribution in [-0.4, -0.2) is 32.8 Å². The van der Waals surface area contributed by atoms with E-state index < -0.39 is 10.0 Å². The normalized spacial score (nSPS) is 11.3. The number of carbonyl (C=O) groups excluding carboxylic acids is 1. The van der Waals surface area contributed by atoms with Gasteiger partial charge in [0.05, 0.1) is 4.90 Å². The highest BCUT2D eigenvalue weighted by Crippen LogP contribution is 2.10. The topological polar surface area (TPSA) is 80.5 Å². The van der Waals surface area contributed by atoms with Crippen LogP contribution in [0.15, 0.2) is 29.2 Å². The van der Waals surface area contributed by atoms with E-state index in [0.717, 1.165) is 18.5 Å². The Morgan fingerprint density at radius 3 is 2.32 bits per heavy atom. The first-order valence-corrected chi connectivity index (χ1v) is 7.75. The molecule has 0 aliphatic heterocycles. The summed E-state index contributed by atoms with van der Waals surface area (Å²) >= 11 is 0. The Kier molecular flexibility index (Phi) is 5.50. The van der Waals surface area contributed by atoms with Crippen molar-refractivity contribution in [3.8, 4) is 0 Å². The minimum absolute atomic E-state index is 0.0886. The van der Waals surface area contributed by atoms with Gasteiger partial charge in [-0.1, -0.05) is 19.1 Å². The fourth-order valence-corrected chi connectivity index (χ4v) is 2.26. The zero-order valence-electron chi connectivity index (χ0n) is 11.3. The molecule has 0 unspecified atom stereocenters. The molecule has 0 radical (unpaired) electrons. The van der Waals surface area contributed by atoms with Crippen LogP contribution in [0.4, 0.5) is 0 Å². The molecule has 2 N–H and O–H groups in total. The van der Waals surface area contributed by atoms with Gasteiger partial charge in [0.2, 0.25) is 15.9 Å². The molecule has 0 spiro atoms. The standard InChI is InChI=1S/C13H20N2O3S/c1-3-10-15(2)13(16)9-6-11-4-7-12(8-5-11)19(14,17)18/h4-5,7-8H,3,6,9-10H2,1-2H3,(H2,14,17,18). The lowest BCUT2D eigenvalue weighted by molar-refractivity contribution is -0.129. The molecule has 5 nitrogen and oxygen atoms in total. The van der Waals surface area contributed by atoms with Gasteiger partial charge in [-0.15, -0.1) is 0 Å². The molecule has 1 rings (SSSR count). The van der Waals surface area contributed by atoms with Gasteiger partial charge in [-0.2, -0.15) is 0 Å². The number of rotatable bonds is 6. The van der Waals surface area contributed by atoms with Gasteiger partial charge in [0.25, 0.3) is 0 Å². The summed E-state index contributed by atoms with van der Waals surface area (Å²) in [5.74, 6) is 0.0948. The molecule has 0 saturated heterocycles. The van der Waals surface area contributed by atoms with E-state index in [2.05, 4.69) is 0 Å². The summed E-state index contributed by atoms with van der Waals surface area (Å²) in [6.45, 7) is 2.78. The maximum Gasteiger partial charge on any atom is 0.238 e. The smallest absolute Gasteiger partial charge is 0.238 e. The molecule has 0 aliphatic rings. The molecule has 0 heterocycles. The van der Waals surface area contributed by atoms with Crippen LogP contribution in [0.2, 0.25) is 0 Å². The van der Waals surface area contributed by atoms with Crippen molar-refractivity contribution < 1.29 is 13.2 Å². The van der Waals surface area contributed by atoms with Crippen LogP contribution < -0.4 is 5.14 Å². The van der Waals surface area contributed by atoms with Gasteiger partial charge in [0, 0.05) is 20.0 Å². The number of amides is 1. The zero-order chi connectivity index (χ0) is 14.5. The maximum atomic E-state index is 11.7. The number of nitrogens with two attached hydrogens (primary N) is 1. The molecule has 106 valence electrons. The quantitative estimate of drug-likeness (QED) is 0.850. The second kappa shape index (κ2) is 6.68. The molecular weight excluding hydrogens is 264 g/mol. The van der Waals surface area contributed by atoms with Crippen LogP contribution in [-0.2, 0) is 21.2 Å². The third-order valence-electron chi connectivity index (χ3n) is 2.86. The molecule has 0 bridgehead atoms. The van der Waals surface area contributed by atoms with Crippen molar-refractivity contribution in [2.45, 2.75) is 31.1 Å². The molecular formula is C13H20N2O3S. The second-order valence-electron chi connectivity index (χ2n) is 4.50. The average Bonchev–Trinajstić information content (AvgIpc) is 2.35. The number of aryl methyl sites for hydroxylation is 1. The van der Waals surface area contributed by atoms with E-state index in [-0.39, 0.29) is 10.8 Å². The number of carbonyl (C=O) groups is 1. The number of sulfonamides is 1. The summed E-state index contributed by atoms with van der Waals surface area (Å²) in [6, 6.07) is 6.30. The van der Waals surface area contributed by atoms with Crippen molar-refractivity contribution >= 4 is 15.9 Å². The van der Waals surface area contributed by atoms with E-state index in [1.807, 2.05) is 6.92 Å². The molecule has 0 saturated carbocycles. The van der Waals surface area contributed by atoms with Gasteiger partial charge in [0.15, 0.2) is 0 Å². The lowest BCUT2D eigenvalue weighted by Gasteiger charge is -2.15. The molecule has 0 aliphatic carbocycles. The Morgan fingerprint density at radius 1 is 1.26 bits per heavy atom. The SMILES string of the molecule is CCCN(C)C(=O)CCc1ccc(S(N)(=O)=O)cc1. The summed E-state index contributed by atoms with van der Waals surface area (Å²) < 4.78 is 22.2. The Bertz CT molecular complexity index is 523. The monoisotopic (exact) mass is 284 g/mol. The highest BCUT2D eigenvalue weighted by molar-refractivity contribution is 7.89. The summed E-state index contributed by atoms with van der Waals surface area (Å²) in [4.78, 5) is 13.5. The van der Waals surface area contributed by atoms with Crippen LogP contribution in [0, 0.1) is 0 Å². The fourth-order valence-electron chi connectivity index (χ4n) is 1.75. The molecule has 0 aromatic heterocycles. The first-order valence-electron chi connectivity index (χ1n) is 6.20. The Hall–Kier alpha value is -1.40. The van der Waals surface area contributed by atoms with Gasteiger partial charge in [-0.05, 0) is 30.5 Å². The van der Waals surface area contributed by atoms with Crippen molar-refractivity contribution in [3.05, 3.63) is 29.8 Å². The lowest BCUT2D eigenvalue weighted by atomic mass is 10.1. The molecule has 1 aromatic carbocycles. The minimum atomic E-state index is -3.65. The van der Waals surface area contributed by atoms with Gasteiger partial charge < -0.3 is 4.90 Å². The fraction of sp³-hybridized carbons (Fsp3) is 0.462. The highest BCUT2D eigenvalue weighted by atomic mass is 32.2. The van der Waals surface area contributed by atoms with Crippen LogP contribution >= 0.6 is 0 Å². The van der Waals surface area contributed by atoms with E-state index in [9.17, 15) is 13.2 Å². The first kappa shape index (κ1) is 15.7. The van der Waals surface area contributed by atoms with Crippen molar-refractivity contribution in [1.29, 1.82) is 0 Å². The highest BCUT2D eigenvalue weighted by Gasteiger charge is 2.09. The Labute approximate surface area is 114 Å². The maximum absolute atomic E-state index is 11.7. The van der Waals surface area contributed by atoms with Crippen molar-refractivity contribution in [2.24, 2.45) is 5.14 Å². The minimum Gasteiger partial charge on any atom is -0.346 e. The third-order valence-corrected chi connectivity index (χ3v) is 3.79. The first-order chi connectivity index (χ1) is 8.84. The number of nitrogens with zero attached hydrogens (tertiary/aromatic N) is 1. The van der Waals surface area contributed by atoms with Crippen LogP contribution in [0.5, 0.6) is 0 Å². The lowest BCUT2D eigenvalue weighted by Crippen LogP contribution is -2.27. The molecule has 1 aromatic rings. The summed E-state index contributed by atoms with van der Waals surface area (Å²) in [5, 5.41) is 5.01. The number of hydrogen-bond donors (Lipinski definition) is 1. The van der Waals surface area contributed by atoms with E-state index in [1.165, 1.54) is 12.1 Å². The Morgan fingerprint density at radius 2 is 1.84 bits per heavy atom. The van der Waals surface area contributed by atoms with E-state index >= 15 is 0 Å². The van der Waals surface area contributed by atoms with E-state index in [1.54, 1.807) is 24.1 Å². The number of primary sulfonamides is 1. The van der Waals surface area contributed by atoms with Crippen molar-refractivity contribution in [1.82, 2.24) is 4.90 Å². The molecule has 0 atom stereocenters. The average molecular weight is 284 g/mol. The number of benzene rings is 1. The Balaban J connectivity index is 2.58. The molecule has 0 fully saturated rings. The van der Waals surface area contributed by atoms with Crippen molar-refractivity contribution in [3.63, 3.8) is 0 Å². The third kappa shape index (κ3) is 5.00. The van der Waals surface area contributed by atoms with Crippen molar-refractivity contribution in [2.75, 3.05) is 13.6 Å². The summed E-state index contributed by atoms with van der Waals surface area (Å²) in [7, 11) is -1.86. The molecule has 19 heavy (non-hydrogen) atoms. The van der Waals surface area contributed by atoms with E-state index in [4.69, 9.17) is 5.14 Å². The van der Waals surface area contributed by atoms with Gasteiger partial charge >= 0.3 is 0 Å². The largest absolute Gasteiger partial charge is 0.346 e.